The quantitative estimate of drug-likeness (QED) is 0.441. The first kappa shape index (κ1) is 18.4. The number of aliphatic hydroxyl groups is 1. The minimum Gasteiger partial charge on any atom is -0.503 e. The van der Waals surface area contributed by atoms with Crippen molar-refractivity contribution in [1.29, 1.82) is 0 Å². The number of aliphatic hydroxyl groups excluding tert-OH is 1. The maximum atomic E-state index is 13.5. The smallest absolute Gasteiger partial charge is 0.294 e. The number of rotatable bonds is 4. The molecule has 5 rings (SSSR count). The van der Waals surface area contributed by atoms with Gasteiger partial charge in [-0.25, -0.2) is 0 Å². The Hall–Kier alpha value is -3.64. The number of hydrogen-bond donors (Lipinski definition) is 1. The third-order valence-electron chi connectivity index (χ3n) is 5.29. The fraction of sp³-hybridized carbons (Fsp3) is 0.0833. The highest BCUT2D eigenvalue weighted by Gasteiger charge is 2.46. The molecule has 1 aliphatic heterocycles. The van der Waals surface area contributed by atoms with Gasteiger partial charge in [-0.05, 0) is 42.1 Å². The zero-order chi connectivity index (χ0) is 20.8. The Morgan fingerprint density at radius 1 is 1.07 bits per heavy atom. The molecule has 2 aromatic heterocycles. The molecule has 148 valence electrons. The zero-order valence-corrected chi connectivity index (χ0v) is 16.8. The molecule has 1 aliphatic rings. The Morgan fingerprint density at radius 3 is 2.57 bits per heavy atom. The molecule has 4 aromatic rings. The molecule has 0 radical (unpaired) electrons. The molecular formula is C24H17NO4S. The second kappa shape index (κ2) is 7.00. The molecule has 1 unspecified atom stereocenters. The number of fused-ring (bicyclic) bond motifs is 1. The number of thiophene rings is 1. The molecule has 0 saturated carbocycles. The first-order valence-corrected chi connectivity index (χ1v) is 10.3. The van der Waals surface area contributed by atoms with Crippen LogP contribution in [0.15, 0.2) is 87.9 Å². The number of carbonyl (C=O) groups excluding carboxylic acids is 2. The van der Waals surface area contributed by atoms with Crippen LogP contribution >= 0.6 is 11.3 Å². The van der Waals surface area contributed by atoms with Gasteiger partial charge in [0.25, 0.3) is 5.91 Å². The summed E-state index contributed by atoms with van der Waals surface area (Å²) < 4.78 is 5.73. The SMILES string of the molecule is Cc1ccccc1N1C(=O)C(O)=C(C(=O)c2cc3ccccc3o2)C1c1cccs1. The topological polar surface area (TPSA) is 70.8 Å². The third kappa shape index (κ3) is 2.76. The summed E-state index contributed by atoms with van der Waals surface area (Å²) in [6.45, 7) is 1.89. The summed E-state index contributed by atoms with van der Waals surface area (Å²) in [5, 5.41) is 13.5. The van der Waals surface area contributed by atoms with E-state index in [0.29, 0.717) is 11.3 Å². The third-order valence-corrected chi connectivity index (χ3v) is 6.21. The number of hydrogen-bond acceptors (Lipinski definition) is 5. The van der Waals surface area contributed by atoms with Crippen LogP contribution in [0.25, 0.3) is 11.0 Å². The number of para-hydroxylation sites is 2. The van der Waals surface area contributed by atoms with Crippen molar-refractivity contribution in [1.82, 2.24) is 0 Å². The summed E-state index contributed by atoms with van der Waals surface area (Å²) in [7, 11) is 0. The van der Waals surface area contributed by atoms with Crippen molar-refractivity contribution in [2.24, 2.45) is 0 Å². The molecule has 5 nitrogen and oxygen atoms in total. The maximum absolute atomic E-state index is 13.5. The zero-order valence-electron chi connectivity index (χ0n) is 16.0. The average molecular weight is 415 g/mol. The standard InChI is InChI=1S/C24H17NO4S/c1-14-7-2-4-9-16(14)25-21(19-11-6-12-30-19)20(23(27)24(25)28)22(26)18-13-15-8-3-5-10-17(15)29-18/h2-13,21,27H,1H3. The fourth-order valence-electron chi connectivity index (χ4n) is 3.86. The molecule has 0 aliphatic carbocycles. The van der Waals surface area contributed by atoms with Crippen LogP contribution in [0, 0.1) is 6.92 Å². The van der Waals surface area contributed by atoms with Gasteiger partial charge in [0.05, 0.1) is 5.57 Å². The largest absolute Gasteiger partial charge is 0.503 e. The van der Waals surface area contributed by atoms with Gasteiger partial charge in [0.1, 0.15) is 11.6 Å². The van der Waals surface area contributed by atoms with Crippen molar-refractivity contribution >= 4 is 39.7 Å². The number of ketones is 1. The number of aryl methyl sites for hydroxylation is 1. The van der Waals surface area contributed by atoms with Crippen LogP contribution < -0.4 is 4.90 Å². The van der Waals surface area contributed by atoms with Crippen LogP contribution in [0.5, 0.6) is 0 Å². The molecule has 3 heterocycles. The van der Waals surface area contributed by atoms with Gasteiger partial charge in [0.2, 0.25) is 5.78 Å². The number of benzene rings is 2. The van der Waals surface area contributed by atoms with Crippen molar-refractivity contribution in [3.8, 4) is 0 Å². The van der Waals surface area contributed by atoms with E-state index in [-0.39, 0.29) is 11.3 Å². The molecule has 1 atom stereocenters. The van der Waals surface area contributed by atoms with E-state index in [4.69, 9.17) is 4.42 Å². The molecule has 1 amide bonds. The lowest BCUT2D eigenvalue weighted by atomic mass is 9.99. The second-order valence-corrected chi connectivity index (χ2v) is 8.10. The number of Topliss-reactive ketones (excluding diaryl/α,β-unsaturated/α-hetero) is 1. The molecule has 6 heteroatoms. The number of furan rings is 1. The Labute approximate surface area is 176 Å². The van der Waals surface area contributed by atoms with E-state index in [1.54, 1.807) is 12.1 Å². The van der Waals surface area contributed by atoms with Crippen LogP contribution in [0.3, 0.4) is 0 Å². The maximum Gasteiger partial charge on any atom is 0.294 e. The van der Waals surface area contributed by atoms with E-state index >= 15 is 0 Å². The first-order chi connectivity index (χ1) is 14.6. The van der Waals surface area contributed by atoms with Gasteiger partial charge in [-0.15, -0.1) is 11.3 Å². The number of carbonyl (C=O) groups is 2. The number of amides is 1. The summed E-state index contributed by atoms with van der Waals surface area (Å²) in [6, 6.07) is 19.4. The molecule has 0 saturated heterocycles. The number of nitrogens with zero attached hydrogens (tertiary/aromatic N) is 1. The number of anilines is 1. The monoisotopic (exact) mass is 415 g/mol. The van der Waals surface area contributed by atoms with E-state index < -0.39 is 23.5 Å². The summed E-state index contributed by atoms with van der Waals surface area (Å²) in [5.74, 6) is -1.53. The minimum absolute atomic E-state index is 0.0322. The normalized spacial score (nSPS) is 16.6. The van der Waals surface area contributed by atoms with Crippen LogP contribution in [0.2, 0.25) is 0 Å². The molecule has 30 heavy (non-hydrogen) atoms. The van der Waals surface area contributed by atoms with E-state index in [9.17, 15) is 14.7 Å². The highest BCUT2D eigenvalue weighted by atomic mass is 32.1. The predicted octanol–water partition coefficient (Wildman–Crippen LogP) is 5.59. The lowest BCUT2D eigenvalue weighted by Crippen LogP contribution is -2.31. The van der Waals surface area contributed by atoms with Crippen molar-refractivity contribution in [3.63, 3.8) is 0 Å². The first-order valence-electron chi connectivity index (χ1n) is 9.45. The highest BCUT2D eigenvalue weighted by molar-refractivity contribution is 7.10. The predicted molar refractivity (Wildman–Crippen MR) is 116 cm³/mol. The van der Waals surface area contributed by atoms with Crippen molar-refractivity contribution < 1.29 is 19.1 Å². The minimum atomic E-state index is -0.723. The van der Waals surface area contributed by atoms with Crippen LogP contribution in [-0.4, -0.2) is 16.8 Å². The van der Waals surface area contributed by atoms with E-state index in [1.165, 1.54) is 16.2 Å². The molecule has 1 N–H and O–H groups in total. The van der Waals surface area contributed by atoms with Gasteiger partial charge in [0.15, 0.2) is 11.5 Å². The van der Waals surface area contributed by atoms with Gasteiger partial charge in [-0.3, -0.25) is 14.5 Å². The summed E-state index contributed by atoms with van der Waals surface area (Å²) in [4.78, 5) is 28.9. The fourth-order valence-corrected chi connectivity index (χ4v) is 4.69. The molecule has 0 bridgehead atoms. The van der Waals surface area contributed by atoms with Crippen LogP contribution in [-0.2, 0) is 4.79 Å². The van der Waals surface area contributed by atoms with Crippen LogP contribution in [0.1, 0.15) is 27.0 Å². The molecule has 2 aromatic carbocycles. The lowest BCUT2D eigenvalue weighted by molar-refractivity contribution is -0.117. The van der Waals surface area contributed by atoms with E-state index in [1.807, 2.05) is 66.9 Å². The van der Waals surface area contributed by atoms with E-state index in [2.05, 4.69) is 0 Å². The van der Waals surface area contributed by atoms with Crippen molar-refractivity contribution in [2.45, 2.75) is 13.0 Å². The molecular weight excluding hydrogens is 398 g/mol. The average Bonchev–Trinajstić information content (AvgIpc) is 3.47. The van der Waals surface area contributed by atoms with Gasteiger partial charge < -0.3 is 9.52 Å². The Kier molecular flexibility index (Phi) is 4.29. The highest BCUT2D eigenvalue weighted by Crippen LogP contribution is 2.44. The molecule has 0 fully saturated rings. The van der Waals surface area contributed by atoms with Gasteiger partial charge in [-0.2, -0.15) is 0 Å². The van der Waals surface area contributed by atoms with Gasteiger partial charge in [0, 0.05) is 16.0 Å². The molecule has 0 spiro atoms. The summed E-state index contributed by atoms with van der Waals surface area (Å²) in [6.07, 6.45) is 0. The van der Waals surface area contributed by atoms with Crippen molar-refractivity contribution in [2.75, 3.05) is 4.90 Å². The summed E-state index contributed by atoms with van der Waals surface area (Å²) >= 11 is 1.43. The second-order valence-electron chi connectivity index (χ2n) is 7.12. The van der Waals surface area contributed by atoms with Crippen LogP contribution in [0.4, 0.5) is 5.69 Å². The Balaban J connectivity index is 1.66. The Bertz CT molecular complexity index is 1280. The summed E-state index contributed by atoms with van der Waals surface area (Å²) in [5.41, 5.74) is 2.14. The lowest BCUT2D eigenvalue weighted by Gasteiger charge is -2.26. The van der Waals surface area contributed by atoms with Crippen molar-refractivity contribution in [3.05, 3.63) is 99.6 Å². The Morgan fingerprint density at radius 2 is 1.83 bits per heavy atom. The van der Waals surface area contributed by atoms with E-state index in [0.717, 1.165) is 15.8 Å². The van der Waals surface area contributed by atoms with Gasteiger partial charge in [-0.1, -0.05) is 42.5 Å². The van der Waals surface area contributed by atoms with Gasteiger partial charge >= 0.3 is 0 Å².